The summed E-state index contributed by atoms with van der Waals surface area (Å²) in [6.45, 7) is 5.56. The molecule has 0 N–H and O–H groups in total. The van der Waals surface area contributed by atoms with Crippen molar-refractivity contribution in [1.82, 2.24) is 0 Å². The van der Waals surface area contributed by atoms with Crippen LogP contribution in [0.2, 0.25) is 0 Å². The molecule has 98 valence electrons. The van der Waals surface area contributed by atoms with Crippen LogP contribution in [0.3, 0.4) is 0 Å². The third kappa shape index (κ3) is 2.54. The summed E-state index contributed by atoms with van der Waals surface area (Å²) < 4.78 is 16.6. The Morgan fingerprint density at radius 2 is 2.06 bits per heavy atom. The van der Waals surface area contributed by atoms with Crippen LogP contribution in [0.15, 0.2) is 12.1 Å². The number of aldehydes is 1. The zero-order valence-corrected chi connectivity index (χ0v) is 10.8. The van der Waals surface area contributed by atoms with Gasteiger partial charge in [0.1, 0.15) is 5.75 Å². The number of fused-ring (bicyclic) bond motifs is 1. The van der Waals surface area contributed by atoms with Crippen LogP contribution in [-0.4, -0.2) is 26.1 Å². The van der Waals surface area contributed by atoms with Gasteiger partial charge in [0.2, 0.25) is 0 Å². The maximum absolute atomic E-state index is 11.2. The van der Waals surface area contributed by atoms with Crippen LogP contribution in [0.1, 0.15) is 41.6 Å². The molecule has 0 atom stereocenters. The summed E-state index contributed by atoms with van der Waals surface area (Å²) >= 11 is 0. The highest BCUT2D eigenvalue weighted by Crippen LogP contribution is 2.32. The van der Waals surface area contributed by atoms with Crippen molar-refractivity contribution in [2.45, 2.75) is 26.6 Å². The topological polar surface area (TPSA) is 44.8 Å². The molecular formula is C14H18O4. The molecule has 1 aromatic rings. The van der Waals surface area contributed by atoms with E-state index in [0.29, 0.717) is 25.4 Å². The van der Waals surface area contributed by atoms with Gasteiger partial charge in [0.05, 0.1) is 6.61 Å². The summed E-state index contributed by atoms with van der Waals surface area (Å²) in [7, 11) is 0. The monoisotopic (exact) mass is 250 g/mol. The Morgan fingerprint density at radius 1 is 1.33 bits per heavy atom. The molecule has 0 spiro atoms. The molecular weight excluding hydrogens is 232 g/mol. The zero-order chi connectivity index (χ0) is 13.0. The van der Waals surface area contributed by atoms with E-state index in [-0.39, 0.29) is 0 Å². The Bertz CT molecular complexity index is 422. The summed E-state index contributed by atoms with van der Waals surface area (Å²) in [5, 5.41) is 0. The summed E-state index contributed by atoms with van der Waals surface area (Å²) in [4.78, 5) is 11.2. The highest BCUT2D eigenvalue weighted by molar-refractivity contribution is 5.79. The van der Waals surface area contributed by atoms with E-state index in [1.807, 2.05) is 19.9 Å². The largest absolute Gasteiger partial charge is 0.493 e. The SMILES string of the molecule is CCOC(OCC)c1cc2c(cc1C=O)OCC2. The van der Waals surface area contributed by atoms with Crippen molar-refractivity contribution in [1.29, 1.82) is 0 Å². The summed E-state index contributed by atoms with van der Waals surface area (Å²) in [5.74, 6) is 0.799. The second kappa shape index (κ2) is 5.98. The third-order valence-electron chi connectivity index (χ3n) is 2.91. The number of benzene rings is 1. The fourth-order valence-electron chi connectivity index (χ4n) is 2.10. The molecule has 4 heteroatoms. The number of rotatable bonds is 6. The fraction of sp³-hybridized carbons (Fsp3) is 0.500. The van der Waals surface area contributed by atoms with Gasteiger partial charge in [-0.2, -0.15) is 0 Å². The van der Waals surface area contributed by atoms with Gasteiger partial charge >= 0.3 is 0 Å². The first-order valence-electron chi connectivity index (χ1n) is 6.28. The maximum atomic E-state index is 11.2. The van der Waals surface area contributed by atoms with Crippen molar-refractivity contribution in [2.75, 3.05) is 19.8 Å². The molecule has 0 aliphatic carbocycles. The van der Waals surface area contributed by atoms with Crippen molar-refractivity contribution in [3.63, 3.8) is 0 Å². The minimum absolute atomic E-state index is 0.480. The molecule has 0 amide bonds. The first-order chi connectivity index (χ1) is 8.80. The Labute approximate surface area is 107 Å². The van der Waals surface area contributed by atoms with Crippen molar-refractivity contribution >= 4 is 6.29 Å². The zero-order valence-electron chi connectivity index (χ0n) is 10.8. The first-order valence-corrected chi connectivity index (χ1v) is 6.28. The highest BCUT2D eigenvalue weighted by Gasteiger charge is 2.21. The molecule has 1 heterocycles. The van der Waals surface area contributed by atoms with Gasteiger partial charge in [-0.15, -0.1) is 0 Å². The van der Waals surface area contributed by atoms with Crippen LogP contribution in [0.4, 0.5) is 0 Å². The number of ether oxygens (including phenoxy) is 3. The van der Waals surface area contributed by atoms with Crippen LogP contribution in [0.5, 0.6) is 5.75 Å². The average molecular weight is 250 g/mol. The van der Waals surface area contributed by atoms with Crippen molar-refractivity contribution in [2.24, 2.45) is 0 Å². The Morgan fingerprint density at radius 3 is 2.67 bits per heavy atom. The van der Waals surface area contributed by atoms with E-state index in [0.717, 1.165) is 29.6 Å². The van der Waals surface area contributed by atoms with Crippen LogP contribution >= 0.6 is 0 Å². The number of carbonyl (C=O) groups is 1. The van der Waals surface area contributed by atoms with Crippen molar-refractivity contribution in [3.05, 3.63) is 28.8 Å². The average Bonchev–Trinajstić information content (AvgIpc) is 2.84. The molecule has 4 nitrogen and oxygen atoms in total. The van der Waals surface area contributed by atoms with Crippen LogP contribution in [0, 0.1) is 0 Å². The second-order valence-electron chi connectivity index (χ2n) is 4.05. The standard InChI is InChI=1S/C14H18O4/c1-3-16-14(17-4-2)12-7-10-5-6-18-13(10)8-11(12)9-15/h7-9,14H,3-6H2,1-2H3. The molecule has 18 heavy (non-hydrogen) atoms. The minimum atomic E-state index is -0.480. The van der Waals surface area contributed by atoms with Crippen LogP contribution in [-0.2, 0) is 15.9 Å². The lowest BCUT2D eigenvalue weighted by Crippen LogP contribution is -2.11. The van der Waals surface area contributed by atoms with Gasteiger partial charge < -0.3 is 14.2 Å². The Balaban J connectivity index is 2.37. The molecule has 0 aromatic heterocycles. The number of hydrogen-bond donors (Lipinski definition) is 0. The molecule has 1 aromatic carbocycles. The first kappa shape index (κ1) is 13.1. The summed E-state index contributed by atoms with van der Waals surface area (Å²) in [5.41, 5.74) is 2.47. The minimum Gasteiger partial charge on any atom is -0.493 e. The lowest BCUT2D eigenvalue weighted by molar-refractivity contribution is -0.140. The van der Waals surface area contributed by atoms with Crippen LogP contribution < -0.4 is 4.74 Å². The predicted octanol–water partition coefficient (Wildman–Crippen LogP) is 2.51. The summed E-state index contributed by atoms with van der Waals surface area (Å²) in [6.07, 6.45) is 1.21. The van der Waals surface area contributed by atoms with E-state index < -0.39 is 6.29 Å². The quantitative estimate of drug-likeness (QED) is 0.575. The lowest BCUT2D eigenvalue weighted by atomic mass is 10.0. The molecule has 0 bridgehead atoms. The summed E-state index contributed by atoms with van der Waals surface area (Å²) in [6, 6.07) is 3.73. The molecule has 2 rings (SSSR count). The molecule has 0 fully saturated rings. The molecule has 1 aliphatic heterocycles. The van der Waals surface area contributed by atoms with Gasteiger partial charge in [-0.05, 0) is 31.5 Å². The highest BCUT2D eigenvalue weighted by atomic mass is 16.7. The second-order valence-corrected chi connectivity index (χ2v) is 4.05. The molecule has 0 saturated heterocycles. The van der Waals surface area contributed by atoms with Crippen LogP contribution in [0.25, 0.3) is 0 Å². The molecule has 0 unspecified atom stereocenters. The van der Waals surface area contributed by atoms with Gasteiger partial charge in [0.15, 0.2) is 12.6 Å². The van der Waals surface area contributed by atoms with Gasteiger partial charge in [0, 0.05) is 30.8 Å². The fourth-order valence-corrected chi connectivity index (χ4v) is 2.10. The van der Waals surface area contributed by atoms with Gasteiger partial charge in [-0.25, -0.2) is 0 Å². The number of hydrogen-bond acceptors (Lipinski definition) is 4. The molecule has 0 radical (unpaired) electrons. The van der Waals surface area contributed by atoms with Crippen molar-refractivity contribution in [3.8, 4) is 5.75 Å². The van der Waals surface area contributed by atoms with E-state index >= 15 is 0 Å². The maximum Gasteiger partial charge on any atom is 0.184 e. The molecule has 1 aliphatic rings. The van der Waals surface area contributed by atoms with Crippen molar-refractivity contribution < 1.29 is 19.0 Å². The predicted molar refractivity (Wildman–Crippen MR) is 67.0 cm³/mol. The van der Waals surface area contributed by atoms with Gasteiger partial charge in [-0.1, -0.05) is 0 Å². The van der Waals surface area contributed by atoms with Gasteiger partial charge in [0.25, 0.3) is 0 Å². The number of carbonyl (C=O) groups excluding carboxylic acids is 1. The Kier molecular flexibility index (Phi) is 4.33. The molecule has 0 saturated carbocycles. The van der Waals surface area contributed by atoms with E-state index in [2.05, 4.69) is 0 Å². The van der Waals surface area contributed by atoms with E-state index in [9.17, 15) is 4.79 Å². The third-order valence-corrected chi connectivity index (χ3v) is 2.91. The van der Waals surface area contributed by atoms with E-state index in [1.54, 1.807) is 6.07 Å². The lowest BCUT2D eigenvalue weighted by Gasteiger charge is -2.19. The van der Waals surface area contributed by atoms with Gasteiger partial charge in [-0.3, -0.25) is 4.79 Å². The normalized spacial score (nSPS) is 13.5. The Hall–Kier alpha value is -1.39. The van der Waals surface area contributed by atoms with E-state index in [4.69, 9.17) is 14.2 Å². The van der Waals surface area contributed by atoms with E-state index in [1.165, 1.54) is 0 Å². The smallest absolute Gasteiger partial charge is 0.184 e.